The minimum absolute atomic E-state index is 0.0701. The molecule has 0 rings (SSSR count). The van der Waals surface area contributed by atoms with Crippen LogP contribution in [0.1, 0.15) is 0 Å². The monoisotopic (exact) mass is 174 g/mol. The van der Waals surface area contributed by atoms with E-state index in [1.54, 1.807) is 12.1 Å². The third-order valence-electron chi connectivity index (χ3n) is 0.905. The highest BCUT2D eigenvalue weighted by atomic mass is 28.3. The smallest absolute Gasteiger partial charge is 0.137 e. The highest BCUT2D eigenvalue weighted by molar-refractivity contribution is 6.83. The lowest BCUT2D eigenvalue weighted by molar-refractivity contribution is 1.46. The van der Waals surface area contributed by atoms with E-state index in [1.165, 1.54) is 6.08 Å². The second kappa shape index (κ2) is 4.39. The highest BCUT2D eigenvalue weighted by Crippen LogP contribution is 1.96. The average Bonchev–Trinajstić information content (AvgIpc) is 1.96. The predicted molar refractivity (Wildman–Crippen MR) is 50.4 cm³/mol. The summed E-state index contributed by atoms with van der Waals surface area (Å²) >= 11 is 0. The van der Waals surface area contributed by atoms with E-state index in [2.05, 4.69) is 31.1 Å². The molecule has 0 amide bonds. The third kappa shape index (κ3) is 5.29. The van der Waals surface area contributed by atoms with E-state index in [9.17, 15) is 0 Å². The zero-order chi connectivity index (χ0) is 9.61. The molecule has 0 aromatic carbocycles. The van der Waals surface area contributed by atoms with Gasteiger partial charge in [-0.2, -0.15) is 10.5 Å². The second-order valence-electron chi connectivity index (χ2n) is 3.30. The molecule has 0 aliphatic carbocycles. The lowest BCUT2D eigenvalue weighted by Gasteiger charge is -2.01. The third-order valence-corrected chi connectivity index (χ3v) is 1.80. The Morgan fingerprint density at radius 1 is 1.17 bits per heavy atom. The van der Waals surface area contributed by atoms with E-state index in [0.29, 0.717) is 0 Å². The Morgan fingerprint density at radius 2 is 1.67 bits per heavy atom. The largest absolute Gasteiger partial charge is 0.192 e. The molecule has 0 radical (unpaired) electrons. The normalized spacial score (nSPS) is 8.42. The highest BCUT2D eigenvalue weighted by Gasteiger charge is 2.06. The first-order valence-corrected chi connectivity index (χ1v) is 7.02. The molecule has 0 saturated heterocycles. The Labute approximate surface area is 74.1 Å². The predicted octanol–water partition coefficient (Wildman–Crippen LogP) is 1.84. The van der Waals surface area contributed by atoms with Crippen molar-refractivity contribution in [1.82, 2.24) is 0 Å². The molecule has 0 aliphatic rings. The van der Waals surface area contributed by atoms with Crippen LogP contribution in [0.25, 0.3) is 0 Å². The molecule has 0 heterocycles. The summed E-state index contributed by atoms with van der Waals surface area (Å²) in [7, 11) is -1.37. The summed E-state index contributed by atoms with van der Waals surface area (Å²) in [6.45, 7) is 6.31. The van der Waals surface area contributed by atoms with Crippen molar-refractivity contribution >= 4 is 8.07 Å². The summed E-state index contributed by atoms with van der Waals surface area (Å²) in [5.41, 5.74) is 3.10. The molecular formula is C9H10N2Si. The number of hydrogen-bond donors (Lipinski definition) is 0. The molecule has 12 heavy (non-hydrogen) atoms. The first-order valence-electron chi connectivity index (χ1n) is 3.52. The molecule has 0 atom stereocenters. The van der Waals surface area contributed by atoms with Gasteiger partial charge in [-0.25, -0.2) is 0 Å². The van der Waals surface area contributed by atoms with Crippen molar-refractivity contribution in [3.05, 3.63) is 11.6 Å². The molecule has 0 N–H and O–H groups in total. The number of nitrogens with zero attached hydrogens (tertiary/aromatic N) is 2. The van der Waals surface area contributed by atoms with E-state index >= 15 is 0 Å². The van der Waals surface area contributed by atoms with E-state index in [-0.39, 0.29) is 5.57 Å². The first kappa shape index (κ1) is 10.5. The van der Waals surface area contributed by atoms with Crippen LogP contribution < -0.4 is 0 Å². The Morgan fingerprint density at radius 3 is 2.00 bits per heavy atom. The minimum atomic E-state index is -1.37. The van der Waals surface area contributed by atoms with Crippen molar-refractivity contribution in [2.75, 3.05) is 0 Å². The fourth-order valence-electron chi connectivity index (χ4n) is 0.414. The Bertz CT molecular complexity index is 307. The van der Waals surface area contributed by atoms with Crippen molar-refractivity contribution in [2.45, 2.75) is 19.6 Å². The number of hydrogen-bond acceptors (Lipinski definition) is 2. The van der Waals surface area contributed by atoms with Gasteiger partial charge in [0.25, 0.3) is 0 Å². The summed E-state index contributed by atoms with van der Waals surface area (Å²) in [6, 6.07) is 3.50. The van der Waals surface area contributed by atoms with Crippen molar-refractivity contribution < 1.29 is 0 Å². The van der Waals surface area contributed by atoms with Crippen LogP contribution in [-0.4, -0.2) is 8.07 Å². The van der Waals surface area contributed by atoms with Crippen LogP contribution in [-0.2, 0) is 0 Å². The SMILES string of the molecule is C[Si](C)(C)C#CC=C(C#N)C#N. The zero-order valence-electron chi connectivity index (χ0n) is 7.47. The van der Waals surface area contributed by atoms with Gasteiger partial charge >= 0.3 is 0 Å². The summed E-state index contributed by atoms with van der Waals surface area (Å²) in [4.78, 5) is 0. The maximum absolute atomic E-state index is 8.36. The Kier molecular flexibility index (Phi) is 3.84. The van der Waals surface area contributed by atoms with E-state index in [1.807, 2.05) is 0 Å². The van der Waals surface area contributed by atoms with Crippen molar-refractivity contribution in [3.8, 4) is 23.6 Å². The second-order valence-corrected chi connectivity index (χ2v) is 8.05. The van der Waals surface area contributed by atoms with Crippen molar-refractivity contribution in [2.24, 2.45) is 0 Å². The van der Waals surface area contributed by atoms with Gasteiger partial charge in [-0.05, 0) is 0 Å². The van der Waals surface area contributed by atoms with Crippen LogP contribution in [0.5, 0.6) is 0 Å². The zero-order valence-corrected chi connectivity index (χ0v) is 8.47. The number of rotatable bonds is 0. The van der Waals surface area contributed by atoms with Gasteiger partial charge in [0, 0.05) is 6.08 Å². The van der Waals surface area contributed by atoms with E-state index in [4.69, 9.17) is 10.5 Å². The molecule has 0 spiro atoms. The lowest BCUT2D eigenvalue weighted by atomic mass is 10.3. The maximum atomic E-state index is 8.36. The van der Waals surface area contributed by atoms with Crippen LogP contribution in [0.15, 0.2) is 11.6 Å². The molecule has 0 fully saturated rings. The average molecular weight is 174 g/mol. The molecule has 60 valence electrons. The Hall–Kier alpha value is -1.50. The fraction of sp³-hybridized carbons (Fsp3) is 0.333. The van der Waals surface area contributed by atoms with Gasteiger partial charge in [-0.3, -0.25) is 0 Å². The summed E-state index contributed by atoms with van der Waals surface area (Å²) in [6.07, 6.45) is 1.37. The summed E-state index contributed by atoms with van der Waals surface area (Å²) in [5.74, 6) is 2.73. The van der Waals surface area contributed by atoms with Gasteiger partial charge in [-0.15, -0.1) is 5.54 Å². The first-order chi connectivity index (χ1) is 5.49. The molecular weight excluding hydrogens is 164 g/mol. The van der Waals surface area contributed by atoms with Gasteiger partial charge in [0.2, 0.25) is 0 Å². The van der Waals surface area contributed by atoms with Gasteiger partial charge in [0.15, 0.2) is 0 Å². The molecule has 0 bridgehead atoms. The molecule has 0 saturated carbocycles. The number of nitriles is 2. The molecule has 3 heteroatoms. The van der Waals surface area contributed by atoms with E-state index < -0.39 is 8.07 Å². The summed E-state index contributed by atoms with van der Waals surface area (Å²) in [5, 5.41) is 16.7. The molecule has 0 aliphatic heterocycles. The van der Waals surface area contributed by atoms with Crippen LogP contribution >= 0.6 is 0 Å². The summed E-state index contributed by atoms with van der Waals surface area (Å²) < 4.78 is 0. The van der Waals surface area contributed by atoms with Crippen LogP contribution in [0, 0.1) is 34.1 Å². The van der Waals surface area contributed by atoms with Crippen LogP contribution in [0.4, 0.5) is 0 Å². The minimum Gasteiger partial charge on any atom is -0.192 e. The molecule has 0 aromatic heterocycles. The van der Waals surface area contributed by atoms with Gasteiger partial charge in [0.05, 0.1) is 0 Å². The quantitative estimate of drug-likeness (QED) is 0.319. The lowest BCUT2D eigenvalue weighted by Crippen LogP contribution is -2.16. The van der Waals surface area contributed by atoms with Gasteiger partial charge in [-0.1, -0.05) is 25.6 Å². The fourth-order valence-corrected chi connectivity index (χ4v) is 0.919. The Balaban J connectivity index is 4.51. The van der Waals surface area contributed by atoms with Crippen molar-refractivity contribution in [1.29, 1.82) is 10.5 Å². The van der Waals surface area contributed by atoms with Gasteiger partial charge in [0.1, 0.15) is 25.8 Å². The maximum Gasteiger partial charge on any atom is 0.137 e. The molecule has 0 aromatic rings. The topological polar surface area (TPSA) is 47.6 Å². The van der Waals surface area contributed by atoms with E-state index in [0.717, 1.165) is 0 Å². The van der Waals surface area contributed by atoms with Crippen LogP contribution in [0.3, 0.4) is 0 Å². The van der Waals surface area contributed by atoms with Crippen LogP contribution in [0.2, 0.25) is 19.6 Å². The number of allylic oxidation sites excluding steroid dienone is 2. The van der Waals surface area contributed by atoms with Gasteiger partial charge < -0.3 is 0 Å². The molecule has 0 unspecified atom stereocenters. The molecule has 2 nitrogen and oxygen atoms in total. The van der Waals surface area contributed by atoms with Crippen molar-refractivity contribution in [3.63, 3.8) is 0 Å². The standard InChI is InChI=1S/C9H10N2Si/c1-12(2,3)6-4-5-9(7-10)8-11/h5H,1-3H3.